The summed E-state index contributed by atoms with van der Waals surface area (Å²) >= 11 is 0. The quantitative estimate of drug-likeness (QED) is 0.910. The fourth-order valence-corrected chi connectivity index (χ4v) is 1.96. The molecule has 1 N–H and O–H groups in total. The molecule has 1 aromatic heterocycles. The van der Waals surface area contributed by atoms with Gasteiger partial charge in [0, 0.05) is 31.0 Å². The summed E-state index contributed by atoms with van der Waals surface area (Å²) in [5, 5.41) is 2.94. The number of anilines is 2. The van der Waals surface area contributed by atoms with Crippen LogP contribution < -0.4 is 15.0 Å². The van der Waals surface area contributed by atoms with E-state index in [1.807, 2.05) is 24.3 Å². The molecule has 0 fully saturated rings. The number of rotatable bonds is 5. The van der Waals surface area contributed by atoms with Crippen LogP contribution in [0.1, 0.15) is 5.56 Å². The first-order chi connectivity index (χ1) is 9.67. The van der Waals surface area contributed by atoms with E-state index in [9.17, 15) is 4.39 Å². The Morgan fingerprint density at radius 1 is 1.25 bits per heavy atom. The van der Waals surface area contributed by atoms with Crippen molar-refractivity contribution in [2.24, 2.45) is 0 Å². The molecule has 1 heterocycles. The number of pyridine rings is 1. The predicted molar refractivity (Wildman–Crippen MR) is 78.0 cm³/mol. The van der Waals surface area contributed by atoms with Gasteiger partial charge in [-0.2, -0.15) is 0 Å². The van der Waals surface area contributed by atoms with Crippen molar-refractivity contribution in [3.8, 4) is 5.75 Å². The van der Waals surface area contributed by atoms with Crippen LogP contribution >= 0.6 is 0 Å². The van der Waals surface area contributed by atoms with Gasteiger partial charge in [0.15, 0.2) is 11.6 Å². The van der Waals surface area contributed by atoms with Gasteiger partial charge in [-0.05, 0) is 37.4 Å². The monoisotopic (exact) mass is 275 g/mol. The third-order valence-corrected chi connectivity index (χ3v) is 3.10. The van der Waals surface area contributed by atoms with Gasteiger partial charge in [0.05, 0.1) is 7.11 Å². The van der Waals surface area contributed by atoms with Crippen LogP contribution in [0.25, 0.3) is 0 Å². The van der Waals surface area contributed by atoms with Crippen molar-refractivity contribution < 1.29 is 9.13 Å². The molecule has 0 aliphatic rings. The SMILES string of the molecule is CNCc1ccnc(N(C)c2ccc(OC)cc2)c1F. The Morgan fingerprint density at radius 2 is 1.95 bits per heavy atom. The van der Waals surface area contributed by atoms with Crippen LogP contribution in [-0.2, 0) is 6.54 Å². The molecule has 106 valence electrons. The normalized spacial score (nSPS) is 10.4. The number of benzene rings is 1. The third kappa shape index (κ3) is 2.88. The zero-order valence-electron chi connectivity index (χ0n) is 11.9. The summed E-state index contributed by atoms with van der Waals surface area (Å²) in [7, 11) is 5.18. The van der Waals surface area contributed by atoms with E-state index in [2.05, 4.69) is 10.3 Å². The Balaban J connectivity index is 2.32. The molecule has 0 unspecified atom stereocenters. The molecule has 0 aliphatic carbocycles. The molecule has 1 aromatic carbocycles. The van der Waals surface area contributed by atoms with E-state index >= 15 is 0 Å². The van der Waals surface area contributed by atoms with Crippen LogP contribution in [0.4, 0.5) is 15.9 Å². The summed E-state index contributed by atoms with van der Waals surface area (Å²) in [6.07, 6.45) is 1.62. The molecule has 0 atom stereocenters. The number of hydrogen-bond acceptors (Lipinski definition) is 4. The van der Waals surface area contributed by atoms with E-state index in [0.717, 1.165) is 11.4 Å². The van der Waals surface area contributed by atoms with Gasteiger partial charge in [0.25, 0.3) is 0 Å². The van der Waals surface area contributed by atoms with Crippen LogP contribution in [-0.4, -0.2) is 26.2 Å². The Hall–Kier alpha value is -2.14. The maximum Gasteiger partial charge on any atom is 0.170 e. The maximum absolute atomic E-state index is 14.4. The highest BCUT2D eigenvalue weighted by molar-refractivity contribution is 5.61. The van der Waals surface area contributed by atoms with Crippen molar-refractivity contribution in [1.29, 1.82) is 0 Å². The number of aromatic nitrogens is 1. The third-order valence-electron chi connectivity index (χ3n) is 3.10. The average Bonchev–Trinajstić information content (AvgIpc) is 2.49. The lowest BCUT2D eigenvalue weighted by molar-refractivity contribution is 0.415. The fourth-order valence-electron chi connectivity index (χ4n) is 1.96. The smallest absolute Gasteiger partial charge is 0.170 e. The lowest BCUT2D eigenvalue weighted by Crippen LogP contribution is -2.15. The predicted octanol–water partition coefficient (Wildman–Crippen LogP) is 2.72. The fraction of sp³-hybridized carbons (Fsp3) is 0.267. The molecule has 5 heteroatoms. The lowest BCUT2D eigenvalue weighted by Gasteiger charge is -2.20. The zero-order valence-corrected chi connectivity index (χ0v) is 11.9. The number of hydrogen-bond donors (Lipinski definition) is 1. The molecule has 0 spiro atoms. The van der Waals surface area contributed by atoms with E-state index in [0.29, 0.717) is 17.9 Å². The van der Waals surface area contributed by atoms with Crippen molar-refractivity contribution >= 4 is 11.5 Å². The highest BCUT2D eigenvalue weighted by Gasteiger charge is 2.14. The number of ether oxygens (including phenoxy) is 1. The van der Waals surface area contributed by atoms with Crippen LogP contribution in [0.2, 0.25) is 0 Å². The summed E-state index contributed by atoms with van der Waals surface area (Å²) < 4.78 is 19.5. The van der Waals surface area contributed by atoms with Crippen molar-refractivity contribution in [3.63, 3.8) is 0 Å². The Bertz CT molecular complexity index is 572. The van der Waals surface area contributed by atoms with E-state index in [4.69, 9.17) is 4.74 Å². The first-order valence-corrected chi connectivity index (χ1v) is 6.33. The first-order valence-electron chi connectivity index (χ1n) is 6.33. The Labute approximate surface area is 118 Å². The Kier molecular flexibility index (Phi) is 4.53. The van der Waals surface area contributed by atoms with Crippen LogP contribution in [0.3, 0.4) is 0 Å². The van der Waals surface area contributed by atoms with E-state index in [1.165, 1.54) is 0 Å². The summed E-state index contributed by atoms with van der Waals surface area (Å²) in [5.74, 6) is 0.766. The highest BCUT2D eigenvalue weighted by atomic mass is 19.1. The van der Waals surface area contributed by atoms with Crippen molar-refractivity contribution in [2.45, 2.75) is 6.54 Å². The van der Waals surface area contributed by atoms with Crippen molar-refractivity contribution in [2.75, 3.05) is 26.1 Å². The standard InChI is InChI=1S/C15H18FN3O/c1-17-10-11-8-9-18-15(14(11)16)19(2)12-4-6-13(20-3)7-5-12/h4-9,17H,10H2,1-3H3. The molecule has 2 aromatic rings. The minimum atomic E-state index is -0.305. The molecule has 20 heavy (non-hydrogen) atoms. The molecule has 0 saturated heterocycles. The molecule has 0 aliphatic heterocycles. The van der Waals surface area contributed by atoms with Gasteiger partial charge in [-0.25, -0.2) is 9.37 Å². The van der Waals surface area contributed by atoms with Gasteiger partial charge in [-0.3, -0.25) is 0 Å². The summed E-state index contributed by atoms with van der Waals surface area (Å²) in [6, 6.07) is 9.08. The maximum atomic E-state index is 14.4. The van der Waals surface area contributed by atoms with Crippen LogP contribution in [0.5, 0.6) is 5.75 Å². The molecular weight excluding hydrogens is 257 g/mol. The first kappa shape index (κ1) is 14.3. The van der Waals surface area contributed by atoms with Crippen LogP contribution in [0.15, 0.2) is 36.5 Å². The lowest BCUT2D eigenvalue weighted by atomic mass is 10.2. The van der Waals surface area contributed by atoms with Crippen molar-refractivity contribution in [3.05, 3.63) is 47.9 Å². The summed E-state index contributed by atoms with van der Waals surface area (Å²) in [6.45, 7) is 0.470. The highest BCUT2D eigenvalue weighted by Crippen LogP contribution is 2.27. The molecule has 2 rings (SSSR count). The van der Waals surface area contributed by atoms with Crippen molar-refractivity contribution in [1.82, 2.24) is 10.3 Å². The number of methoxy groups -OCH3 is 1. The summed E-state index contributed by atoms with van der Waals surface area (Å²) in [5.41, 5.74) is 1.44. The largest absolute Gasteiger partial charge is 0.497 e. The zero-order chi connectivity index (χ0) is 14.5. The molecule has 4 nitrogen and oxygen atoms in total. The van der Waals surface area contributed by atoms with Gasteiger partial charge in [0.1, 0.15) is 5.75 Å². The minimum absolute atomic E-state index is 0.305. The molecule has 0 radical (unpaired) electrons. The number of nitrogens with one attached hydrogen (secondary N) is 1. The molecule has 0 amide bonds. The Morgan fingerprint density at radius 3 is 2.55 bits per heavy atom. The van der Waals surface area contributed by atoms with Crippen LogP contribution in [0, 0.1) is 5.82 Å². The summed E-state index contributed by atoms with van der Waals surface area (Å²) in [4.78, 5) is 5.85. The van der Waals surface area contributed by atoms with E-state index in [-0.39, 0.29) is 5.82 Å². The second-order valence-electron chi connectivity index (χ2n) is 4.40. The minimum Gasteiger partial charge on any atom is -0.497 e. The topological polar surface area (TPSA) is 37.4 Å². The van der Waals surface area contributed by atoms with Gasteiger partial charge in [-0.15, -0.1) is 0 Å². The molecule has 0 bridgehead atoms. The van der Waals surface area contributed by atoms with E-state index < -0.39 is 0 Å². The average molecular weight is 275 g/mol. The number of halogens is 1. The number of nitrogens with zero attached hydrogens (tertiary/aromatic N) is 2. The van der Waals surface area contributed by atoms with Gasteiger partial charge < -0.3 is 15.0 Å². The van der Waals surface area contributed by atoms with E-state index in [1.54, 1.807) is 38.4 Å². The van der Waals surface area contributed by atoms with Gasteiger partial charge in [0.2, 0.25) is 0 Å². The van der Waals surface area contributed by atoms with Gasteiger partial charge >= 0.3 is 0 Å². The van der Waals surface area contributed by atoms with Gasteiger partial charge in [-0.1, -0.05) is 0 Å². The molecule has 0 saturated carbocycles. The molecular formula is C15H18FN3O. The second-order valence-corrected chi connectivity index (χ2v) is 4.40. The second kappa shape index (κ2) is 6.34.